The Morgan fingerprint density at radius 2 is 2.12 bits per heavy atom. The van der Waals surface area contributed by atoms with Crippen molar-refractivity contribution in [3.05, 3.63) is 29.6 Å². The smallest absolute Gasteiger partial charge is 0.230 e. The van der Waals surface area contributed by atoms with Gasteiger partial charge in [0.25, 0.3) is 0 Å². The minimum absolute atomic E-state index is 0.0731. The highest BCUT2D eigenvalue weighted by Gasteiger charge is 2.33. The van der Waals surface area contributed by atoms with Gasteiger partial charge in [-0.15, -0.1) is 11.3 Å². The summed E-state index contributed by atoms with van der Waals surface area (Å²) < 4.78 is 28.5. The Kier molecular flexibility index (Phi) is 5.39. The maximum atomic E-state index is 12.2. The number of sulfone groups is 1. The van der Waals surface area contributed by atoms with Crippen molar-refractivity contribution in [2.75, 3.05) is 23.4 Å². The van der Waals surface area contributed by atoms with Gasteiger partial charge in [0.2, 0.25) is 5.91 Å². The van der Waals surface area contributed by atoms with E-state index in [0.717, 1.165) is 23.4 Å². The summed E-state index contributed by atoms with van der Waals surface area (Å²) in [5.74, 6) is 0.0751. The molecular weight excluding hydrogens is 360 g/mol. The summed E-state index contributed by atoms with van der Waals surface area (Å²) in [7, 11) is -3.07. The van der Waals surface area contributed by atoms with Crippen LogP contribution in [0.5, 0.6) is 5.75 Å². The zero-order chi connectivity index (χ0) is 17.9. The highest BCUT2D eigenvalue weighted by atomic mass is 32.2. The number of anilines is 1. The van der Waals surface area contributed by atoms with Crippen LogP contribution in [0.15, 0.2) is 29.6 Å². The van der Waals surface area contributed by atoms with E-state index < -0.39 is 15.8 Å². The lowest BCUT2D eigenvalue weighted by Crippen LogP contribution is -2.23. The largest absolute Gasteiger partial charge is 0.494 e. The van der Waals surface area contributed by atoms with Crippen LogP contribution in [0.3, 0.4) is 0 Å². The number of hydrogen-bond acceptors (Lipinski definition) is 6. The minimum atomic E-state index is -3.07. The summed E-state index contributed by atoms with van der Waals surface area (Å²) in [5.41, 5.74) is 1.70. The van der Waals surface area contributed by atoms with Crippen molar-refractivity contribution in [2.24, 2.45) is 5.92 Å². The molecule has 1 N–H and O–H groups in total. The molecule has 0 radical (unpaired) electrons. The van der Waals surface area contributed by atoms with E-state index in [9.17, 15) is 13.2 Å². The van der Waals surface area contributed by atoms with Gasteiger partial charge in [0.15, 0.2) is 15.0 Å². The predicted molar refractivity (Wildman–Crippen MR) is 98.7 cm³/mol. The summed E-state index contributed by atoms with van der Waals surface area (Å²) in [5, 5.41) is 5.08. The molecule has 3 rings (SSSR count). The van der Waals surface area contributed by atoms with E-state index in [-0.39, 0.29) is 17.4 Å². The van der Waals surface area contributed by atoms with Gasteiger partial charge in [0, 0.05) is 10.9 Å². The molecule has 25 heavy (non-hydrogen) atoms. The highest BCUT2D eigenvalue weighted by Crippen LogP contribution is 2.27. The van der Waals surface area contributed by atoms with Gasteiger partial charge in [0.1, 0.15) is 5.75 Å². The van der Waals surface area contributed by atoms with Crippen LogP contribution in [0.2, 0.25) is 0 Å². The molecule has 8 heteroatoms. The Labute approximate surface area is 151 Å². The minimum Gasteiger partial charge on any atom is -0.494 e. The van der Waals surface area contributed by atoms with Gasteiger partial charge >= 0.3 is 0 Å². The number of hydrogen-bond donors (Lipinski definition) is 1. The van der Waals surface area contributed by atoms with Crippen LogP contribution in [0.4, 0.5) is 5.13 Å². The van der Waals surface area contributed by atoms with E-state index >= 15 is 0 Å². The zero-order valence-corrected chi connectivity index (χ0v) is 15.5. The second kappa shape index (κ2) is 7.53. The second-order valence-corrected chi connectivity index (χ2v) is 9.09. The standard InChI is InChI=1S/C17H20N2O4S2/c1-2-8-23-14-5-3-12(4-6-14)15-10-24-17(18-15)19-16(20)13-7-9-25(21,22)11-13/h3-6,10,13H,2,7-9,11H2,1H3,(H,18,19,20)/t13-/m0/s1. The van der Waals surface area contributed by atoms with Gasteiger partial charge in [-0.25, -0.2) is 13.4 Å². The first-order chi connectivity index (χ1) is 12.0. The highest BCUT2D eigenvalue weighted by molar-refractivity contribution is 7.91. The second-order valence-electron chi connectivity index (χ2n) is 6.00. The van der Waals surface area contributed by atoms with Crippen molar-refractivity contribution in [1.29, 1.82) is 0 Å². The van der Waals surface area contributed by atoms with Gasteiger partial charge < -0.3 is 10.1 Å². The average molecular weight is 380 g/mol. The maximum Gasteiger partial charge on any atom is 0.230 e. The Hall–Kier alpha value is -1.93. The van der Waals surface area contributed by atoms with E-state index in [0.29, 0.717) is 18.2 Å². The molecule has 1 aromatic carbocycles. The number of benzene rings is 1. The molecule has 1 atom stereocenters. The monoisotopic (exact) mass is 380 g/mol. The van der Waals surface area contributed by atoms with Crippen LogP contribution in [0, 0.1) is 5.92 Å². The van der Waals surface area contributed by atoms with Crippen LogP contribution >= 0.6 is 11.3 Å². The first-order valence-corrected chi connectivity index (χ1v) is 10.9. The van der Waals surface area contributed by atoms with Crippen molar-refractivity contribution in [3.63, 3.8) is 0 Å². The predicted octanol–water partition coefficient (Wildman–Crippen LogP) is 2.97. The quantitative estimate of drug-likeness (QED) is 0.833. The van der Waals surface area contributed by atoms with Gasteiger partial charge in [0.05, 0.1) is 29.7 Å². The van der Waals surface area contributed by atoms with Gasteiger partial charge in [-0.1, -0.05) is 6.92 Å². The van der Waals surface area contributed by atoms with E-state index in [1.165, 1.54) is 11.3 Å². The molecule has 0 saturated carbocycles. The van der Waals surface area contributed by atoms with Crippen molar-refractivity contribution in [2.45, 2.75) is 19.8 Å². The van der Waals surface area contributed by atoms with Gasteiger partial charge in [-0.2, -0.15) is 0 Å². The fourth-order valence-corrected chi connectivity index (χ4v) is 5.08. The molecule has 134 valence electrons. The molecule has 0 spiro atoms. The summed E-state index contributed by atoms with van der Waals surface area (Å²) in [6.07, 6.45) is 1.34. The van der Waals surface area contributed by atoms with Crippen molar-refractivity contribution in [1.82, 2.24) is 4.98 Å². The maximum absolute atomic E-state index is 12.2. The molecule has 1 aliphatic heterocycles. The summed E-state index contributed by atoms with van der Waals surface area (Å²) in [6, 6.07) is 7.64. The Morgan fingerprint density at radius 3 is 2.76 bits per heavy atom. The molecule has 0 bridgehead atoms. The third-order valence-electron chi connectivity index (χ3n) is 3.96. The van der Waals surface area contributed by atoms with Crippen LogP contribution in [0.25, 0.3) is 11.3 Å². The SMILES string of the molecule is CCCOc1ccc(-c2csc(NC(=O)[C@H]3CCS(=O)(=O)C3)n2)cc1. The summed E-state index contributed by atoms with van der Waals surface area (Å²) in [4.78, 5) is 16.6. The molecule has 1 aromatic heterocycles. The van der Waals surface area contributed by atoms with Crippen molar-refractivity contribution >= 4 is 32.2 Å². The van der Waals surface area contributed by atoms with Gasteiger partial charge in [-0.05, 0) is 37.1 Å². The fourth-order valence-electron chi connectivity index (χ4n) is 2.61. The first-order valence-electron chi connectivity index (χ1n) is 8.17. The number of ether oxygens (including phenoxy) is 1. The molecule has 1 saturated heterocycles. The van der Waals surface area contributed by atoms with E-state index in [1.807, 2.05) is 29.6 Å². The number of carbonyl (C=O) groups excluding carboxylic acids is 1. The summed E-state index contributed by atoms with van der Waals surface area (Å²) in [6.45, 7) is 2.74. The third kappa shape index (κ3) is 4.58. The van der Waals surface area contributed by atoms with Crippen LogP contribution in [-0.2, 0) is 14.6 Å². The van der Waals surface area contributed by atoms with Crippen molar-refractivity contribution in [3.8, 4) is 17.0 Å². The molecular formula is C17H20N2O4S2. The zero-order valence-electron chi connectivity index (χ0n) is 13.9. The number of nitrogens with zero attached hydrogens (tertiary/aromatic N) is 1. The molecule has 1 amide bonds. The van der Waals surface area contributed by atoms with E-state index in [1.54, 1.807) is 0 Å². The van der Waals surface area contributed by atoms with Crippen molar-refractivity contribution < 1.29 is 17.9 Å². The number of carbonyl (C=O) groups is 1. The van der Waals surface area contributed by atoms with Crippen LogP contribution in [0.1, 0.15) is 19.8 Å². The Morgan fingerprint density at radius 1 is 1.36 bits per heavy atom. The Bertz CT molecular complexity index is 844. The summed E-state index contributed by atoms with van der Waals surface area (Å²) >= 11 is 1.33. The van der Waals surface area contributed by atoms with E-state index in [2.05, 4.69) is 17.2 Å². The molecule has 0 aliphatic carbocycles. The lowest BCUT2D eigenvalue weighted by Gasteiger charge is -2.06. The number of thiazole rings is 1. The number of aromatic nitrogens is 1. The molecule has 1 fully saturated rings. The lowest BCUT2D eigenvalue weighted by molar-refractivity contribution is -0.119. The molecule has 6 nitrogen and oxygen atoms in total. The average Bonchev–Trinajstić information content (AvgIpc) is 3.20. The normalized spacial score (nSPS) is 18.8. The first kappa shape index (κ1) is 17.9. The Balaban J connectivity index is 1.63. The third-order valence-corrected chi connectivity index (χ3v) is 6.49. The topological polar surface area (TPSA) is 85.4 Å². The molecule has 0 unspecified atom stereocenters. The molecule has 2 heterocycles. The van der Waals surface area contributed by atoms with Crippen LogP contribution in [-0.4, -0.2) is 37.4 Å². The molecule has 2 aromatic rings. The fraction of sp³-hybridized carbons (Fsp3) is 0.412. The van der Waals surface area contributed by atoms with E-state index in [4.69, 9.17) is 4.74 Å². The number of nitrogens with one attached hydrogen (secondary N) is 1. The number of rotatable bonds is 6. The number of amides is 1. The van der Waals surface area contributed by atoms with Gasteiger partial charge in [-0.3, -0.25) is 4.79 Å². The molecule has 1 aliphatic rings. The van der Waals surface area contributed by atoms with Crippen LogP contribution < -0.4 is 10.1 Å². The lowest BCUT2D eigenvalue weighted by atomic mass is 10.1.